The maximum atomic E-state index is 4.70. The van der Waals surface area contributed by atoms with Crippen LogP contribution < -0.4 is 5.32 Å². The van der Waals surface area contributed by atoms with Crippen molar-refractivity contribution >= 4 is 22.2 Å². The first-order valence-corrected chi connectivity index (χ1v) is 7.80. The molecule has 0 bridgehead atoms. The molecule has 0 aliphatic rings. The lowest BCUT2D eigenvalue weighted by Crippen LogP contribution is -2.12. The monoisotopic (exact) mass is 285 g/mol. The van der Waals surface area contributed by atoms with E-state index >= 15 is 0 Å². The first kappa shape index (κ1) is 13.3. The lowest BCUT2D eigenvalue weighted by molar-refractivity contribution is 0.634. The number of nitrogens with zero attached hydrogens (tertiary/aromatic N) is 2. The minimum absolute atomic E-state index is 0.810. The highest BCUT2D eigenvalue weighted by Crippen LogP contribution is 2.19. The second kappa shape index (κ2) is 5.77. The Bertz CT molecular complexity index is 711. The Morgan fingerprint density at radius 2 is 2.00 bits per heavy atom. The minimum Gasteiger partial charge on any atom is -0.306 e. The summed E-state index contributed by atoms with van der Waals surface area (Å²) in [5.74, 6) is 0. The molecule has 1 N–H and O–H groups in total. The normalized spacial score (nSPS) is 11.3. The van der Waals surface area contributed by atoms with Crippen LogP contribution in [0.25, 0.3) is 10.9 Å². The smallest absolute Gasteiger partial charge is 0.0841 e. The molecule has 0 unspecified atom stereocenters. The number of benzene rings is 1. The molecule has 104 valence electrons. The van der Waals surface area contributed by atoms with Crippen molar-refractivity contribution in [3.63, 3.8) is 0 Å². The molecule has 2 aromatic heterocycles. The number of rotatable bonds is 5. The molecule has 0 atom stereocenters. The van der Waals surface area contributed by atoms with Gasteiger partial charge in [0.15, 0.2) is 0 Å². The van der Waals surface area contributed by atoms with Crippen LogP contribution in [0, 0.1) is 6.92 Å². The fourth-order valence-corrected chi connectivity index (χ4v) is 3.31. The van der Waals surface area contributed by atoms with E-state index in [0.29, 0.717) is 0 Å². The van der Waals surface area contributed by atoms with Gasteiger partial charge in [-0.1, -0.05) is 18.2 Å². The molecule has 0 saturated heterocycles. The van der Waals surface area contributed by atoms with Gasteiger partial charge in [0.2, 0.25) is 0 Å². The zero-order chi connectivity index (χ0) is 13.9. The first-order chi connectivity index (χ1) is 9.78. The molecule has 0 aliphatic heterocycles. The number of nitrogens with one attached hydrogen (secondary N) is 1. The van der Waals surface area contributed by atoms with Crippen molar-refractivity contribution in [1.82, 2.24) is 15.1 Å². The summed E-state index contributed by atoms with van der Waals surface area (Å²) in [6, 6.07) is 12.8. The van der Waals surface area contributed by atoms with Crippen molar-refractivity contribution in [1.29, 1.82) is 0 Å². The highest BCUT2D eigenvalue weighted by atomic mass is 32.1. The van der Waals surface area contributed by atoms with E-state index in [1.54, 1.807) is 0 Å². The summed E-state index contributed by atoms with van der Waals surface area (Å²) in [6.45, 7) is 6.90. The largest absolute Gasteiger partial charge is 0.306 e. The van der Waals surface area contributed by atoms with Crippen molar-refractivity contribution in [2.24, 2.45) is 0 Å². The predicted octanol–water partition coefficient (Wildman–Crippen LogP) is 3.72. The van der Waals surface area contributed by atoms with E-state index in [2.05, 4.69) is 60.2 Å². The van der Waals surface area contributed by atoms with Gasteiger partial charge in [0, 0.05) is 34.8 Å². The third kappa shape index (κ3) is 2.62. The summed E-state index contributed by atoms with van der Waals surface area (Å²) in [5.41, 5.74) is 2.36. The molecule has 2 heterocycles. The number of thiophene rings is 1. The summed E-state index contributed by atoms with van der Waals surface area (Å²) in [6.07, 6.45) is 0. The number of aryl methyl sites for hydroxylation is 2. The molecule has 4 heteroatoms. The van der Waals surface area contributed by atoms with Crippen LogP contribution in [0.3, 0.4) is 0 Å². The topological polar surface area (TPSA) is 29.9 Å². The maximum Gasteiger partial charge on any atom is 0.0841 e. The number of aromatic nitrogens is 2. The van der Waals surface area contributed by atoms with Crippen molar-refractivity contribution in [2.45, 2.75) is 33.5 Å². The fourth-order valence-electron chi connectivity index (χ4n) is 2.45. The predicted molar refractivity (Wildman–Crippen MR) is 85.0 cm³/mol. The molecule has 3 rings (SSSR count). The summed E-state index contributed by atoms with van der Waals surface area (Å²) in [7, 11) is 0. The quantitative estimate of drug-likeness (QED) is 0.774. The molecule has 20 heavy (non-hydrogen) atoms. The Kier molecular flexibility index (Phi) is 3.85. The zero-order valence-corrected chi connectivity index (χ0v) is 12.7. The van der Waals surface area contributed by atoms with Gasteiger partial charge in [-0.15, -0.1) is 11.3 Å². The lowest BCUT2D eigenvalue weighted by Gasteiger charge is -2.00. The van der Waals surface area contributed by atoms with Crippen molar-refractivity contribution in [2.75, 3.05) is 0 Å². The maximum absolute atomic E-state index is 4.70. The number of hydrogen-bond acceptors (Lipinski definition) is 3. The second-order valence-corrected chi connectivity index (χ2v) is 6.27. The van der Waals surface area contributed by atoms with Crippen molar-refractivity contribution in [3.05, 3.63) is 51.8 Å². The number of para-hydroxylation sites is 1. The van der Waals surface area contributed by atoms with Gasteiger partial charge < -0.3 is 5.32 Å². The summed E-state index contributed by atoms with van der Waals surface area (Å²) >= 11 is 1.85. The Labute approximate surface area is 123 Å². The molecule has 0 aliphatic carbocycles. The van der Waals surface area contributed by atoms with Gasteiger partial charge in [-0.3, -0.25) is 4.68 Å². The Morgan fingerprint density at radius 1 is 1.15 bits per heavy atom. The van der Waals surface area contributed by atoms with Crippen molar-refractivity contribution in [3.8, 4) is 0 Å². The van der Waals surface area contributed by atoms with Gasteiger partial charge in [-0.05, 0) is 32.0 Å². The van der Waals surface area contributed by atoms with Gasteiger partial charge >= 0.3 is 0 Å². The number of fused-ring (bicyclic) bond motifs is 1. The average molecular weight is 285 g/mol. The van der Waals surface area contributed by atoms with E-state index < -0.39 is 0 Å². The fraction of sp³-hybridized carbons (Fsp3) is 0.312. The highest BCUT2D eigenvalue weighted by Gasteiger charge is 2.08. The van der Waals surface area contributed by atoms with Crippen LogP contribution in [-0.4, -0.2) is 9.78 Å². The van der Waals surface area contributed by atoms with Gasteiger partial charge in [-0.2, -0.15) is 5.10 Å². The van der Waals surface area contributed by atoms with Crippen LogP contribution in [0.4, 0.5) is 0 Å². The van der Waals surface area contributed by atoms with E-state index in [1.807, 2.05) is 11.3 Å². The molecule has 0 fully saturated rings. The lowest BCUT2D eigenvalue weighted by atomic mass is 10.2. The highest BCUT2D eigenvalue weighted by molar-refractivity contribution is 7.11. The standard InChI is InChI=1S/C16H19N3S/c1-3-19-16-7-5-4-6-14(16)15(18-19)11-17-10-13-9-8-12(2)20-13/h4-9,17H,3,10-11H2,1-2H3. The van der Waals surface area contributed by atoms with Crippen molar-refractivity contribution < 1.29 is 0 Å². The number of hydrogen-bond donors (Lipinski definition) is 1. The average Bonchev–Trinajstić information content (AvgIpc) is 3.03. The Hall–Kier alpha value is -1.65. The van der Waals surface area contributed by atoms with Crippen LogP contribution in [0.1, 0.15) is 22.4 Å². The second-order valence-electron chi connectivity index (χ2n) is 4.90. The minimum atomic E-state index is 0.810. The van der Waals surface area contributed by atoms with Gasteiger partial charge in [-0.25, -0.2) is 0 Å². The van der Waals surface area contributed by atoms with Crippen LogP contribution in [0.5, 0.6) is 0 Å². The van der Waals surface area contributed by atoms with Crippen LogP contribution in [0.2, 0.25) is 0 Å². The zero-order valence-electron chi connectivity index (χ0n) is 11.9. The summed E-state index contributed by atoms with van der Waals surface area (Å²) < 4.78 is 2.07. The third-order valence-corrected chi connectivity index (χ3v) is 4.42. The Morgan fingerprint density at radius 3 is 2.75 bits per heavy atom. The van der Waals surface area contributed by atoms with Gasteiger partial charge in [0.05, 0.1) is 11.2 Å². The molecule has 3 nitrogen and oxygen atoms in total. The Balaban J connectivity index is 1.74. The van der Waals surface area contributed by atoms with E-state index in [1.165, 1.54) is 20.7 Å². The van der Waals surface area contributed by atoms with Gasteiger partial charge in [0.1, 0.15) is 0 Å². The molecule has 1 aromatic carbocycles. The van der Waals surface area contributed by atoms with E-state index in [9.17, 15) is 0 Å². The molecular formula is C16H19N3S. The summed E-state index contributed by atoms with van der Waals surface area (Å²) in [5, 5.41) is 9.45. The van der Waals surface area contributed by atoms with Crippen LogP contribution in [-0.2, 0) is 19.6 Å². The van der Waals surface area contributed by atoms with Gasteiger partial charge in [0.25, 0.3) is 0 Å². The molecule has 0 radical (unpaired) electrons. The van der Waals surface area contributed by atoms with E-state index in [4.69, 9.17) is 5.10 Å². The van der Waals surface area contributed by atoms with E-state index in [0.717, 1.165) is 25.3 Å². The van der Waals surface area contributed by atoms with Crippen LogP contribution >= 0.6 is 11.3 Å². The third-order valence-electron chi connectivity index (χ3n) is 3.42. The molecule has 0 amide bonds. The SMILES string of the molecule is CCn1nc(CNCc2ccc(C)s2)c2ccccc21. The molecular weight excluding hydrogens is 266 g/mol. The van der Waals surface area contributed by atoms with E-state index in [-0.39, 0.29) is 0 Å². The molecule has 0 saturated carbocycles. The van der Waals surface area contributed by atoms with Crippen LogP contribution in [0.15, 0.2) is 36.4 Å². The summed E-state index contributed by atoms with van der Waals surface area (Å²) in [4.78, 5) is 2.74. The first-order valence-electron chi connectivity index (χ1n) is 6.98. The molecule has 0 spiro atoms. The molecule has 3 aromatic rings.